The van der Waals surface area contributed by atoms with Crippen molar-refractivity contribution < 1.29 is 9.52 Å². The number of likely N-dealkylation sites (tertiary alicyclic amines) is 1. The largest absolute Gasteiger partial charge is 0.462 e. The topological polar surface area (TPSA) is 52.7 Å². The summed E-state index contributed by atoms with van der Waals surface area (Å²) in [6.07, 6.45) is 4.98. The second kappa shape index (κ2) is 7.73. The first-order valence-electron chi connectivity index (χ1n) is 8.21. The van der Waals surface area contributed by atoms with Crippen LogP contribution in [0.5, 0.6) is 0 Å². The van der Waals surface area contributed by atoms with Crippen LogP contribution >= 0.6 is 0 Å². The molecule has 1 aliphatic rings. The summed E-state index contributed by atoms with van der Waals surface area (Å²) in [5, 5.41) is 9.06. The van der Waals surface area contributed by atoms with Crippen LogP contribution in [0.3, 0.4) is 0 Å². The van der Waals surface area contributed by atoms with E-state index >= 15 is 0 Å². The van der Waals surface area contributed by atoms with E-state index < -0.39 is 0 Å². The van der Waals surface area contributed by atoms with Crippen molar-refractivity contribution in [2.24, 2.45) is 5.92 Å². The molecular formula is C18H25N3O2. The third kappa shape index (κ3) is 4.64. The standard InChI is InChI=1S/C18H25N3O2/c1-20(10-15-3-2-7-19-9-15)11-16-6-8-21(12-16)13-17-4-5-18(14-22)23-17/h2-5,7,9,16,22H,6,8,10-14H2,1H3. The van der Waals surface area contributed by atoms with Gasteiger partial charge in [-0.3, -0.25) is 9.88 Å². The highest BCUT2D eigenvalue weighted by Gasteiger charge is 2.24. The van der Waals surface area contributed by atoms with Crippen molar-refractivity contribution in [1.82, 2.24) is 14.8 Å². The monoisotopic (exact) mass is 315 g/mol. The molecule has 1 fully saturated rings. The number of pyridine rings is 1. The fraction of sp³-hybridized carbons (Fsp3) is 0.500. The van der Waals surface area contributed by atoms with E-state index in [4.69, 9.17) is 9.52 Å². The van der Waals surface area contributed by atoms with Crippen LogP contribution in [0.25, 0.3) is 0 Å². The molecular weight excluding hydrogens is 290 g/mol. The Bertz CT molecular complexity index is 599. The number of rotatable bonds is 7. The van der Waals surface area contributed by atoms with Gasteiger partial charge in [0.25, 0.3) is 0 Å². The molecule has 1 saturated heterocycles. The third-order valence-corrected chi connectivity index (χ3v) is 4.37. The van der Waals surface area contributed by atoms with Gasteiger partial charge in [0, 0.05) is 32.0 Å². The Kier molecular flexibility index (Phi) is 5.43. The number of hydrogen-bond donors (Lipinski definition) is 1. The van der Waals surface area contributed by atoms with Crippen LogP contribution in [0, 0.1) is 5.92 Å². The summed E-state index contributed by atoms with van der Waals surface area (Å²) in [5.74, 6) is 2.29. The Balaban J connectivity index is 1.44. The molecule has 0 aromatic carbocycles. The maximum Gasteiger partial charge on any atom is 0.129 e. The Labute approximate surface area is 137 Å². The predicted molar refractivity (Wildman–Crippen MR) is 88.6 cm³/mol. The van der Waals surface area contributed by atoms with E-state index in [9.17, 15) is 0 Å². The van der Waals surface area contributed by atoms with E-state index in [0.29, 0.717) is 11.7 Å². The van der Waals surface area contributed by atoms with Gasteiger partial charge in [-0.2, -0.15) is 0 Å². The van der Waals surface area contributed by atoms with Crippen LogP contribution in [0.4, 0.5) is 0 Å². The molecule has 1 N–H and O–H groups in total. The van der Waals surface area contributed by atoms with Gasteiger partial charge in [-0.1, -0.05) is 6.07 Å². The Morgan fingerprint density at radius 3 is 2.96 bits per heavy atom. The lowest BCUT2D eigenvalue weighted by Crippen LogP contribution is -2.28. The number of nitrogens with zero attached hydrogens (tertiary/aromatic N) is 3. The van der Waals surface area contributed by atoms with E-state index in [0.717, 1.165) is 38.5 Å². The van der Waals surface area contributed by atoms with Gasteiger partial charge in [0.2, 0.25) is 0 Å². The second-order valence-corrected chi connectivity index (χ2v) is 6.47. The molecule has 0 radical (unpaired) electrons. The molecule has 1 atom stereocenters. The lowest BCUT2D eigenvalue weighted by atomic mass is 10.1. The first-order chi connectivity index (χ1) is 11.2. The van der Waals surface area contributed by atoms with Gasteiger partial charge in [-0.15, -0.1) is 0 Å². The number of aliphatic hydroxyl groups excluding tert-OH is 1. The normalized spacial score (nSPS) is 18.8. The molecule has 1 aliphatic heterocycles. The highest BCUT2D eigenvalue weighted by Crippen LogP contribution is 2.21. The summed E-state index contributed by atoms with van der Waals surface area (Å²) < 4.78 is 5.58. The average Bonchev–Trinajstić information content (AvgIpc) is 3.18. The van der Waals surface area contributed by atoms with E-state index in [2.05, 4.69) is 27.9 Å². The first-order valence-corrected chi connectivity index (χ1v) is 8.21. The Hall–Kier alpha value is -1.69. The highest BCUT2D eigenvalue weighted by molar-refractivity contribution is 5.08. The first kappa shape index (κ1) is 16.2. The van der Waals surface area contributed by atoms with Crippen LogP contribution in [0.15, 0.2) is 41.1 Å². The minimum Gasteiger partial charge on any atom is -0.462 e. The smallest absolute Gasteiger partial charge is 0.129 e. The van der Waals surface area contributed by atoms with Crippen LogP contribution in [0.1, 0.15) is 23.5 Å². The summed E-state index contributed by atoms with van der Waals surface area (Å²) in [6.45, 7) is 5.07. The maximum absolute atomic E-state index is 9.06. The molecule has 124 valence electrons. The summed E-state index contributed by atoms with van der Waals surface area (Å²) in [7, 11) is 2.18. The molecule has 0 bridgehead atoms. The van der Waals surface area contributed by atoms with Crippen molar-refractivity contribution in [3.8, 4) is 0 Å². The zero-order chi connectivity index (χ0) is 16.1. The zero-order valence-corrected chi connectivity index (χ0v) is 13.7. The molecule has 3 rings (SSSR count). The number of hydrogen-bond acceptors (Lipinski definition) is 5. The van der Waals surface area contributed by atoms with Gasteiger partial charge in [-0.25, -0.2) is 0 Å². The predicted octanol–water partition coefficient (Wildman–Crippen LogP) is 2.12. The van der Waals surface area contributed by atoms with Crippen LogP contribution < -0.4 is 0 Å². The molecule has 2 aromatic rings. The summed E-state index contributed by atoms with van der Waals surface area (Å²) in [5.41, 5.74) is 1.26. The fourth-order valence-electron chi connectivity index (χ4n) is 3.33. The van der Waals surface area contributed by atoms with Crippen LogP contribution in [-0.2, 0) is 19.7 Å². The molecule has 3 heterocycles. The van der Waals surface area contributed by atoms with E-state index in [1.165, 1.54) is 12.0 Å². The quantitative estimate of drug-likeness (QED) is 0.848. The van der Waals surface area contributed by atoms with Crippen molar-refractivity contribution in [1.29, 1.82) is 0 Å². The van der Waals surface area contributed by atoms with Gasteiger partial charge < -0.3 is 14.4 Å². The molecule has 0 spiro atoms. The Morgan fingerprint density at radius 1 is 1.35 bits per heavy atom. The minimum absolute atomic E-state index is 0.0260. The lowest BCUT2D eigenvalue weighted by molar-refractivity contribution is 0.225. The van der Waals surface area contributed by atoms with Crippen LogP contribution in [-0.4, -0.2) is 46.6 Å². The second-order valence-electron chi connectivity index (χ2n) is 6.47. The lowest BCUT2D eigenvalue weighted by Gasteiger charge is -2.21. The minimum atomic E-state index is -0.0260. The molecule has 1 unspecified atom stereocenters. The summed E-state index contributed by atoms with van der Waals surface area (Å²) in [6, 6.07) is 7.93. The van der Waals surface area contributed by atoms with Gasteiger partial charge in [0.05, 0.1) is 6.54 Å². The van der Waals surface area contributed by atoms with E-state index in [1.807, 2.05) is 30.6 Å². The van der Waals surface area contributed by atoms with Gasteiger partial charge in [-0.05, 0) is 49.7 Å². The van der Waals surface area contributed by atoms with Gasteiger partial charge in [0.1, 0.15) is 18.1 Å². The zero-order valence-electron chi connectivity index (χ0n) is 13.7. The van der Waals surface area contributed by atoms with Crippen molar-refractivity contribution in [2.45, 2.75) is 26.1 Å². The van der Waals surface area contributed by atoms with Crippen molar-refractivity contribution in [3.05, 3.63) is 53.7 Å². The fourth-order valence-corrected chi connectivity index (χ4v) is 3.33. The SMILES string of the molecule is CN(Cc1cccnc1)CC1CCN(Cc2ccc(CO)o2)C1. The van der Waals surface area contributed by atoms with E-state index in [-0.39, 0.29) is 6.61 Å². The van der Waals surface area contributed by atoms with Crippen molar-refractivity contribution in [3.63, 3.8) is 0 Å². The van der Waals surface area contributed by atoms with Gasteiger partial charge in [0.15, 0.2) is 0 Å². The van der Waals surface area contributed by atoms with Crippen molar-refractivity contribution >= 4 is 0 Å². The number of aliphatic hydroxyl groups is 1. The molecule has 2 aromatic heterocycles. The molecule has 5 heteroatoms. The van der Waals surface area contributed by atoms with E-state index in [1.54, 1.807) is 0 Å². The summed E-state index contributed by atoms with van der Waals surface area (Å²) in [4.78, 5) is 8.98. The third-order valence-electron chi connectivity index (χ3n) is 4.37. The molecule has 5 nitrogen and oxygen atoms in total. The number of furan rings is 1. The highest BCUT2D eigenvalue weighted by atomic mass is 16.4. The average molecular weight is 315 g/mol. The van der Waals surface area contributed by atoms with Crippen molar-refractivity contribution in [2.75, 3.05) is 26.7 Å². The molecule has 0 amide bonds. The summed E-state index contributed by atoms with van der Waals surface area (Å²) >= 11 is 0. The Morgan fingerprint density at radius 2 is 2.22 bits per heavy atom. The molecule has 0 saturated carbocycles. The molecule has 0 aliphatic carbocycles. The maximum atomic E-state index is 9.06. The van der Waals surface area contributed by atoms with Crippen LogP contribution in [0.2, 0.25) is 0 Å². The van der Waals surface area contributed by atoms with Gasteiger partial charge >= 0.3 is 0 Å². The number of aromatic nitrogens is 1. The molecule has 23 heavy (non-hydrogen) atoms.